The van der Waals surface area contributed by atoms with E-state index in [9.17, 15) is 4.39 Å². The number of rotatable bonds is 3. The molecule has 0 aliphatic rings. The largest absolute Gasteiger partial charge is 0.497 e. The highest BCUT2D eigenvalue weighted by atomic mass is 35.5. The van der Waals surface area contributed by atoms with Gasteiger partial charge in [0, 0.05) is 12.1 Å². The normalized spacial score (nSPS) is 10.8. The van der Waals surface area contributed by atoms with Crippen molar-refractivity contribution in [1.29, 1.82) is 0 Å². The molecule has 3 nitrogen and oxygen atoms in total. The molecule has 6 heteroatoms. The molecule has 0 spiro atoms. The van der Waals surface area contributed by atoms with Gasteiger partial charge in [-0.2, -0.15) is 0 Å². The summed E-state index contributed by atoms with van der Waals surface area (Å²) in [5, 5.41) is 4.35. The van der Waals surface area contributed by atoms with Crippen molar-refractivity contribution < 1.29 is 9.13 Å². The van der Waals surface area contributed by atoms with Crippen LogP contribution in [0, 0.1) is 5.82 Å². The third-order valence-electron chi connectivity index (χ3n) is 2.76. The van der Waals surface area contributed by atoms with Crippen LogP contribution in [0.5, 0.6) is 5.75 Å². The number of nitrogens with one attached hydrogen (secondary N) is 1. The fraction of sp³-hybridized carbons (Fsp3) is 0.0714. The van der Waals surface area contributed by atoms with E-state index in [1.807, 2.05) is 0 Å². The van der Waals surface area contributed by atoms with Crippen LogP contribution >= 0.6 is 22.9 Å². The second-order valence-corrected chi connectivity index (χ2v) is 5.54. The zero-order valence-electron chi connectivity index (χ0n) is 10.5. The Hall–Kier alpha value is -1.85. The molecule has 0 atom stereocenters. The molecule has 3 rings (SSSR count). The van der Waals surface area contributed by atoms with E-state index in [4.69, 9.17) is 16.3 Å². The van der Waals surface area contributed by atoms with Gasteiger partial charge in [-0.3, -0.25) is 0 Å². The Morgan fingerprint density at radius 3 is 2.90 bits per heavy atom. The molecule has 0 saturated carbocycles. The second-order valence-electron chi connectivity index (χ2n) is 4.10. The Kier molecular flexibility index (Phi) is 3.46. The first-order valence-corrected chi connectivity index (χ1v) is 7.02. The lowest BCUT2D eigenvalue weighted by molar-refractivity contribution is 0.415. The number of halogens is 2. The Balaban J connectivity index is 1.96. The number of benzene rings is 2. The minimum Gasteiger partial charge on any atom is -0.497 e. The van der Waals surface area contributed by atoms with Crippen molar-refractivity contribution in [2.45, 2.75) is 0 Å². The number of fused-ring (bicyclic) bond motifs is 1. The highest BCUT2D eigenvalue weighted by molar-refractivity contribution is 7.22. The van der Waals surface area contributed by atoms with Crippen LogP contribution in [0.25, 0.3) is 10.2 Å². The number of methoxy groups -OCH3 is 1. The Morgan fingerprint density at radius 2 is 2.10 bits per heavy atom. The topological polar surface area (TPSA) is 34.1 Å². The van der Waals surface area contributed by atoms with E-state index in [0.717, 1.165) is 4.70 Å². The van der Waals surface area contributed by atoms with E-state index in [0.29, 0.717) is 27.1 Å². The molecule has 1 N–H and O–H groups in total. The summed E-state index contributed by atoms with van der Waals surface area (Å²) in [6.07, 6.45) is 0. The molecule has 3 aromatic rings. The minimum absolute atomic E-state index is 0.297. The molecule has 0 amide bonds. The molecule has 0 aliphatic heterocycles. The van der Waals surface area contributed by atoms with Crippen molar-refractivity contribution in [3.8, 4) is 5.75 Å². The quantitative estimate of drug-likeness (QED) is 0.751. The average Bonchev–Trinajstić information content (AvgIpc) is 2.82. The SMILES string of the molecule is COc1ccc(Cl)c(Nc2nc3cc(F)ccc3s2)c1. The molecule has 0 saturated heterocycles. The van der Waals surface area contributed by atoms with Gasteiger partial charge in [-0.1, -0.05) is 22.9 Å². The van der Waals surface area contributed by atoms with Crippen molar-refractivity contribution in [3.05, 3.63) is 47.2 Å². The fourth-order valence-electron chi connectivity index (χ4n) is 1.80. The molecule has 0 bridgehead atoms. The van der Waals surface area contributed by atoms with Crippen molar-refractivity contribution in [3.63, 3.8) is 0 Å². The molecule has 0 fully saturated rings. The van der Waals surface area contributed by atoms with Gasteiger partial charge >= 0.3 is 0 Å². The summed E-state index contributed by atoms with van der Waals surface area (Å²) in [5.74, 6) is 0.401. The van der Waals surface area contributed by atoms with Gasteiger partial charge in [0.1, 0.15) is 11.6 Å². The van der Waals surface area contributed by atoms with Crippen LogP contribution in [-0.4, -0.2) is 12.1 Å². The van der Waals surface area contributed by atoms with E-state index in [-0.39, 0.29) is 5.82 Å². The molecule has 1 heterocycles. The summed E-state index contributed by atoms with van der Waals surface area (Å²) in [7, 11) is 1.59. The van der Waals surface area contributed by atoms with E-state index >= 15 is 0 Å². The maximum Gasteiger partial charge on any atom is 0.188 e. The Labute approximate surface area is 124 Å². The molecule has 20 heavy (non-hydrogen) atoms. The minimum atomic E-state index is -0.297. The number of ether oxygens (including phenoxy) is 1. The third-order valence-corrected chi connectivity index (χ3v) is 4.05. The number of thiazole rings is 1. The molecule has 1 aromatic heterocycles. The number of anilines is 2. The summed E-state index contributed by atoms with van der Waals surface area (Å²) < 4.78 is 19.2. The van der Waals surface area contributed by atoms with E-state index < -0.39 is 0 Å². The van der Waals surface area contributed by atoms with E-state index in [1.54, 1.807) is 31.4 Å². The summed E-state index contributed by atoms with van der Waals surface area (Å²) >= 11 is 7.56. The lowest BCUT2D eigenvalue weighted by atomic mass is 10.3. The molecule has 0 aliphatic carbocycles. The van der Waals surface area contributed by atoms with Crippen LogP contribution < -0.4 is 10.1 Å². The van der Waals surface area contributed by atoms with Crippen LogP contribution in [0.2, 0.25) is 5.02 Å². The van der Waals surface area contributed by atoms with Crippen molar-refractivity contribution in [2.24, 2.45) is 0 Å². The number of aromatic nitrogens is 1. The van der Waals surface area contributed by atoms with Crippen molar-refractivity contribution in [1.82, 2.24) is 4.98 Å². The van der Waals surface area contributed by atoms with E-state index in [1.165, 1.54) is 23.5 Å². The predicted molar refractivity (Wildman–Crippen MR) is 80.9 cm³/mol. The summed E-state index contributed by atoms with van der Waals surface area (Å²) in [4.78, 5) is 4.33. The standard InChI is InChI=1S/C14H10ClFN2OS/c1-19-9-3-4-10(15)11(7-9)17-14-18-12-6-8(16)2-5-13(12)20-14/h2-7H,1H3,(H,17,18). The van der Waals surface area contributed by atoms with Gasteiger partial charge < -0.3 is 10.1 Å². The first kappa shape index (κ1) is 13.1. The molecule has 0 unspecified atom stereocenters. The fourth-order valence-corrected chi connectivity index (χ4v) is 2.82. The Bertz CT molecular complexity index is 775. The predicted octanol–water partition coefficient (Wildman–Crippen LogP) is 4.84. The smallest absolute Gasteiger partial charge is 0.188 e. The Morgan fingerprint density at radius 1 is 1.25 bits per heavy atom. The third kappa shape index (κ3) is 2.55. The number of nitrogens with zero attached hydrogens (tertiary/aromatic N) is 1. The van der Waals surface area contributed by atoms with Gasteiger partial charge in [-0.05, 0) is 24.3 Å². The molecule has 0 radical (unpaired) electrons. The van der Waals surface area contributed by atoms with Crippen LogP contribution in [0.4, 0.5) is 15.2 Å². The highest BCUT2D eigenvalue weighted by Gasteiger charge is 2.08. The molecular weight excluding hydrogens is 299 g/mol. The lowest BCUT2D eigenvalue weighted by Gasteiger charge is -2.07. The molecule has 2 aromatic carbocycles. The monoisotopic (exact) mass is 308 g/mol. The van der Waals surface area contributed by atoms with Gasteiger partial charge in [0.2, 0.25) is 0 Å². The summed E-state index contributed by atoms with van der Waals surface area (Å²) in [5.41, 5.74) is 1.32. The second kappa shape index (κ2) is 5.26. The molecular formula is C14H10ClFN2OS. The van der Waals surface area contributed by atoms with Crippen LogP contribution in [0.1, 0.15) is 0 Å². The summed E-state index contributed by atoms with van der Waals surface area (Å²) in [6.45, 7) is 0. The van der Waals surface area contributed by atoms with Crippen molar-refractivity contribution >= 4 is 44.0 Å². The average molecular weight is 309 g/mol. The molecule has 102 valence electrons. The van der Waals surface area contributed by atoms with Crippen LogP contribution in [-0.2, 0) is 0 Å². The van der Waals surface area contributed by atoms with Crippen LogP contribution in [0.3, 0.4) is 0 Å². The highest BCUT2D eigenvalue weighted by Crippen LogP contribution is 2.33. The first-order valence-electron chi connectivity index (χ1n) is 5.82. The number of hydrogen-bond acceptors (Lipinski definition) is 4. The number of hydrogen-bond donors (Lipinski definition) is 1. The van der Waals surface area contributed by atoms with Gasteiger partial charge in [0.05, 0.1) is 28.0 Å². The maximum atomic E-state index is 13.1. The van der Waals surface area contributed by atoms with Crippen LogP contribution in [0.15, 0.2) is 36.4 Å². The zero-order valence-corrected chi connectivity index (χ0v) is 12.1. The van der Waals surface area contributed by atoms with Gasteiger partial charge in [0.25, 0.3) is 0 Å². The maximum absolute atomic E-state index is 13.1. The van der Waals surface area contributed by atoms with Gasteiger partial charge in [-0.15, -0.1) is 0 Å². The van der Waals surface area contributed by atoms with Gasteiger partial charge in [0.15, 0.2) is 5.13 Å². The summed E-state index contributed by atoms with van der Waals surface area (Å²) in [6, 6.07) is 9.85. The van der Waals surface area contributed by atoms with Crippen molar-refractivity contribution in [2.75, 3.05) is 12.4 Å². The van der Waals surface area contributed by atoms with E-state index in [2.05, 4.69) is 10.3 Å². The van der Waals surface area contributed by atoms with Gasteiger partial charge in [-0.25, -0.2) is 9.37 Å². The zero-order chi connectivity index (χ0) is 14.1. The lowest BCUT2D eigenvalue weighted by Crippen LogP contribution is -1.91. The first-order chi connectivity index (χ1) is 9.65.